The van der Waals surface area contributed by atoms with Crippen LogP contribution in [0.4, 0.5) is 5.69 Å². The van der Waals surface area contributed by atoms with Gasteiger partial charge >= 0.3 is 0 Å². The van der Waals surface area contributed by atoms with Crippen molar-refractivity contribution in [3.05, 3.63) is 24.3 Å². The van der Waals surface area contributed by atoms with Crippen molar-refractivity contribution in [1.29, 1.82) is 0 Å². The molecule has 1 aromatic carbocycles. The molecule has 0 amide bonds. The van der Waals surface area contributed by atoms with Crippen molar-refractivity contribution in [3.63, 3.8) is 0 Å². The first-order chi connectivity index (χ1) is 9.21. The van der Waals surface area contributed by atoms with Crippen LogP contribution in [-0.2, 0) is 0 Å². The summed E-state index contributed by atoms with van der Waals surface area (Å²) in [6, 6.07) is 8.30. The summed E-state index contributed by atoms with van der Waals surface area (Å²) in [5.41, 5.74) is 6.90. The van der Waals surface area contributed by atoms with Gasteiger partial charge in [-0.3, -0.25) is 0 Å². The molecule has 0 saturated heterocycles. The van der Waals surface area contributed by atoms with Crippen molar-refractivity contribution in [2.45, 2.75) is 38.5 Å². The van der Waals surface area contributed by atoms with Crippen LogP contribution in [0.5, 0.6) is 0 Å². The summed E-state index contributed by atoms with van der Waals surface area (Å²) in [4.78, 5) is 7.80. The van der Waals surface area contributed by atoms with E-state index in [-0.39, 0.29) is 0 Å². The molecule has 0 aliphatic rings. The number of hydrogen-bond acceptors (Lipinski definition) is 2. The largest absolute Gasteiger partial charge is 0.369 e. The summed E-state index contributed by atoms with van der Waals surface area (Å²) in [7, 11) is 0. The molecule has 19 heavy (non-hydrogen) atoms. The number of benzene rings is 1. The van der Waals surface area contributed by atoms with Gasteiger partial charge in [-0.25, -0.2) is 4.99 Å². The van der Waals surface area contributed by atoms with Gasteiger partial charge in [0.25, 0.3) is 0 Å². The maximum atomic E-state index is 5.98. The Labute approximate surface area is 121 Å². The fourth-order valence-corrected chi connectivity index (χ4v) is 2.70. The molecule has 0 fully saturated rings. The molecule has 0 unspecified atom stereocenters. The van der Waals surface area contributed by atoms with Crippen LogP contribution in [0.1, 0.15) is 33.6 Å². The first-order valence-corrected chi connectivity index (χ1v) is 8.01. The van der Waals surface area contributed by atoms with Crippen LogP contribution in [0.3, 0.4) is 0 Å². The Balaban J connectivity index is 2.63. The Hall–Kier alpha value is -1.16. The molecule has 106 valence electrons. The summed E-state index contributed by atoms with van der Waals surface area (Å²) in [6.45, 7) is 8.15. The molecular weight excluding hydrogens is 254 g/mol. The third kappa shape index (κ3) is 5.55. The van der Waals surface area contributed by atoms with E-state index in [4.69, 9.17) is 5.73 Å². The highest BCUT2D eigenvalue weighted by atomic mass is 32.2. The highest BCUT2D eigenvalue weighted by molar-refractivity contribution is 7.99. The standard InChI is InChI=1S/C15H25N3S/c1-4-7-12-19-14-10-8-13(9-11-14)17-15(16)18(5-2)6-3/h8-11H,4-7,12H2,1-3H3,(H2,16,17). The van der Waals surface area contributed by atoms with Gasteiger partial charge in [-0.05, 0) is 50.3 Å². The number of rotatable bonds is 7. The molecule has 0 spiro atoms. The molecule has 3 nitrogen and oxygen atoms in total. The van der Waals surface area contributed by atoms with Crippen LogP contribution >= 0.6 is 11.8 Å². The molecule has 0 saturated carbocycles. The molecule has 0 heterocycles. The van der Waals surface area contributed by atoms with Crippen molar-refractivity contribution >= 4 is 23.4 Å². The zero-order valence-electron chi connectivity index (χ0n) is 12.2. The second-order valence-electron chi connectivity index (χ2n) is 4.34. The third-order valence-corrected chi connectivity index (χ3v) is 4.03. The van der Waals surface area contributed by atoms with Gasteiger partial charge in [0, 0.05) is 18.0 Å². The highest BCUT2D eigenvalue weighted by Crippen LogP contribution is 2.22. The second-order valence-corrected chi connectivity index (χ2v) is 5.51. The predicted molar refractivity (Wildman–Crippen MR) is 86.3 cm³/mol. The smallest absolute Gasteiger partial charge is 0.196 e. The molecule has 0 aromatic heterocycles. The Morgan fingerprint density at radius 1 is 1.16 bits per heavy atom. The normalized spacial score (nSPS) is 11.6. The van der Waals surface area contributed by atoms with Crippen LogP contribution in [-0.4, -0.2) is 29.7 Å². The molecule has 0 atom stereocenters. The van der Waals surface area contributed by atoms with Crippen molar-refractivity contribution < 1.29 is 0 Å². The van der Waals surface area contributed by atoms with Gasteiger partial charge in [0.15, 0.2) is 5.96 Å². The summed E-state index contributed by atoms with van der Waals surface area (Å²) < 4.78 is 0. The van der Waals surface area contributed by atoms with Gasteiger partial charge in [-0.1, -0.05) is 13.3 Å². The van der Waals surface area contributed by atoms with E-state index in [1.165, 1.54) is 23.5 Å². The summed E-state index contributed by atoms with van der Waals surface area (Å²) >= 11 is 1.90. The number of guanidine groups is 1. The molecule has 1 aromatic rings. The molecular formula is C15H25N3S. The van der Waals surface area contributed by atoms with E-state index in [9.17, 15) is 0 Å². The van der Waals surface area contributed by atoms with Crippen molar-refractivity contribution in [1.82, 2.24) is 4.90 Å². The maximum absolute atomic E-state index is 5.98. The summed E-state index contributed by atoms with van der Waals surface area (Å²) in [5.74, 6) is 1.78. The average molecular weight is 279 g/mol. The van der Waals surface area contributed by atoms with Gasteiger partial charge < -0.3 is 10.6 Å². The molecule has 0 aliphatic heterocycles. The van der Waals surface area contributed by atoms with Crippen LogP contribution < -0.4 is 5.73 Å². The van der Waals surface area contributed by atoms with Crippen molar-refractivity contribution in [2.75, 3.05) is 18.8 Å². The number of nitrogens with two attached hydrogens (primary N) is 1. The molecule has 2 N–H and O–H groups in total. The number of hydrogen-bond donors (Lipinski definition) is 1. The maximum Gasteiger partial charge on any atom is 0.196 e. The Kier molecular flexibility index (Phi) is 7.41. The lowest BCUT2D eigenvalue weighted by Crippen LogP contribution is -2.36. The minimum atomic E-state index is 0.594. The van der Waals surface area contributed by atoms with Crippen molar-refractivity contribution in [3.8, 4) is 0 Å². The van der Waals surface area contributed by atoms with Crippen LogP contribution in [0.2, 0.25) is 0 Å². The number of aliphatic imine (C=N–C) groups is 1. The van der Waals surface area contributed by atoms with E-state index >= 15 is 0 Å². The first-order valence-electron chi connectivity index (χ1n) is 7.03. The molecule has 1 rings (SSSR count). The minimum Gasteiger partial charge on any atom is -0.369 e. The molecule has 0 bridgehead atoms. The van der Waals surface area contributed by atoms with Crippen LogP contribution in [0.15, 0.2) is 34.2 Å². The Morgan fingerprint density at radius 3 is 2.32 bits per heavy atom. The van der Waals surface area contributed by atoms with Crippen molar-refractivity contribution in [2.24, 2.45) is 10.7 Å². The average Bonchev–Trinajstić information content (AvgIpc) is 2.42. The molecule has 0 radical (unpaired) electrons. The fraction of sp³-hybridized carbons (Fsp3) is 0.533. The lowest BCUT2D eigenvalue weighted by atomic mass is 10.3. The van der Waals surface area contributed by atoms with E-state index in [0.29, 0.717) is 5.96 Å². The monoisotopic (exact) mass is 279 g/mol. The molecule has 4 heteroatoms. The van der Waals surface area contributed by atoms with Gasteiger partial charge in [0.1, 0.15) is 0 Å². The van der Waals surface area contributed by atoms with E-state index in [2.05, 4.69) is 37.9 Å². The zero-order valence-corrected chi connectivity index (χ0v) is 13.0. The van der Waals surface area contributed by atoms with E-state index in [0.717, 1.165) is 18.8 Å². The number of nitrogens with zero attached hydrogens (tertiary/aromatic N) is 2. The summed E-state index contributed by atoms with van der Waals surface area (Å²) in [6.07, 6.45) is 2.51. The lowest BCUT2D eigenvalue weighted by Gasteiger charge is -2.19. The fourth-order valence-electron chi connectivity index (χ4n) is 1.70. The number of unbranched alkanes of at least 4 members (excludes halogenated alkanes) is 1. The number of thioether (sulfide) groups is 1. The van der Waals surface area contributed by atoms with Gasteiger partial charge in [0.05, 0.1) is 5.69 Å². The second kappa shape index (κ2) is 8.86. The SMILES string of the molecule is CCCCSc1ccc(N=C(N)N(CC)CC)cc1. The van der Waals surface area contributed by atoms with E-state index in [1.807, 2.05) is 28.8 Å². The third-order valence-electron chi connectivity index (χ3n) is 2.93. The quantitative estimate of drug-likeness (QED) is 0.356. The molecule has 0 aliphatic carbocycles. The Morgan fingerprint density at radius 2 is 1.79 bits per heavy atom. The summed E-state index contributed by atoms with van der Waals surface area (Å²) in [5, 5.41) is 0. The van der Waals surface area contributed by atoms with Gasteiger partial charge in [-0.15, -0.1) is 11.8 Å². The van der Waals surface area contributed by atoms with Gasteiger partial charge in [0.2, 0.25) is 0 Å². The van der Waals surface area contributed by atoms with E-state index in [1.54, 1.807) is 0 Å². The van der Waals surface area contributed by atoms with Crippen LogP contribution in [0, 0.1) is 0 Å². The van der Waals surface area contributed by atoms with E-state index < -0.39 is 0 Å². The zero-order chi connectivity index (χ0) is 14.1. The lowest BCUT2D eigenvalue weighted by molar-refractivity contribution is 0.460. The predicted octanol–water partition coefficient (Wildman–Crippen LogP) is 3.87. The highest BCUT2D eigenvalue weighted by Gasteiger charge is 2.02. The van der Waals surface area contributed by atoms with Gasteiger partial charge in [-0.2, -0.15) is 0 Å². The first kappa shape index (κ1) is 15.9. The van der Waals surface area contributed by atoms with Crippen LogP contribution in [0.25, 0.3) is 0 Å². The minimum absolute atomic E-state index is 0.594. The topological polar surface area (TPSA) is 41.6 Å². The Bertz CT molecular complexity index is 383.